The lowest BCUT2D eigenvalue weighted by atomic mass is 10.2. The molecule has 0 radical (unpaired) electrons. The van der Waals surface area contributed by atoms with Crippen LogP contribution in [0.3, 0.4) is 0 Å². The summed E-state index contributed by atoms with van der Waals surface area (Å²) in [6, 6.07) is 0.681. The second-order valence-corrected chi connectivity index (χ2v) is 4.59. The van der Waals surface area contributed by atoms with Crippen LogP contribution in [-0.4, -0.2) is 47.9 Å². The molecule has 2 aliphatic rings. The van der Waals surface area contributed by atoms with E-state index in [1.165, 1.54) is 18.9 Å². The van der Waals surface area contributed by atoms with Crippen LogP contribution in [0.15, 0.2) is 17.3 Å². The first-order chi connectivity index (χ1) is 7.27. The van der Waals surface area contributed by atoms with Crippen LogP contribution >= 0.6 is 0 Å². The Kier molecular flexibility index (Phi) is 3.41. The van der Waals surface area contributed by atoms with Crippen LogP contribution < -0.4 is 0 Å². The standard InChI is InChI=1S/C12H21N3/c1-11(2)14-7-9-15(10-8-14)12-5-3-4-6-13-12/h4,6,11H,3,5,7-10H2,1-2H3. The van der Waals surface area contributed by atoms with Crippen LogP contribution in [-0.2, 0) is 0 Å². The van der Waals surface area contributed by atoms with E-state index >= 15 is 0 Å². The Hall–Kier alpha value is -0.830. The molecule has 0 aromatic heterocycles. The molecule has 2 aliphatic heterocycles. The van der Waals surface area contributed by atoms with Gasteiger partial charge in [0.05, 0.1) is 0 Å². The van der Waals surface area contributed by atoms with Crippen molar-refractivity contribution in [3.8, 4) is 0 Å². The average molecular weight is 207 g/mol. The largest absolute Gasteiger partial charge is 0.357 e. The first-order valence-electron chi connectivity index (χ1n) is 5.98. The normalized spacial score (nSPS) is 23.4. The molecule has 3 heteroatoms. The van der Waals surface area contributed by atoms with Crippen molar-refractivity contribution in [2.45, 2.75) is 32.7 Å². The molecule has 3 nitrogen and oxygen atoms in total. The van der Waals surface area contributed by atoms with Crippen LogP contribution in [0.4, 0.5) is 0 Å². The monoisotopic (exact) mass is 207 g/mol. The fraction of sp³-hybridized carbons (Fsp3) is 0.750. The second-order valence-electron chi connectivity index (χ2n) is 4.59. The van der Waals surface area contributed by atoms with E-state index in [9.17, 15) is 0 Å². The lowest BCUT2D eigenvalue weighted by Crippen LogP contribution is -2.50. The zero-order valence-corrected chi connectivity index (χ0v) is 9.82. The number of nitrogens with zero attached hydrogens (tertiary/aromatic N) is 3. The van der Waals surface area contributed by atoms with E-state index in [2.05, 4.69) is 34.7 Å². The van der Waals surface area contributed by atoms with Gasteiger partial charge in [0.15, 0.2) is 0 Å². The van der Waals surface area contributed by atoms with Crippen LogP contribution in [0.25, 0.3) is 0 Å². The van der Waals surface area contributed by atoms with Gasteiger partial charge in [-0.15, -0.1) is 0 Å². The maximum absolute atomic E-state index is 4.47. The molecule has 0 amide bonds. The summed E-state index contributed by atoms with van der Waals surface area (Å²) in [6.45, 7) is 9.20. The fourth-order valence-corrected chi connectivity index (χ4v) is 2.23. The smallest absolute Gasteiger partial charge is 0.104 e. The van der Waals surface area contributed by atoms with Crippen molar-refractivity contribution < 1.29 is 0 Å². The zero-order valence-electron chi connectivity index (χ0n) is 9.82. The highest BCUT2D eigenvalue weighted by molar-refractivity contribution is 5.83. The van der Waals surface area contributed by atoms with Gasteiger partial charge in [-0.2, -0.15) is 0 Å². The number of piperazine rings is 1. The number of hydrogen-bond donors (Lipinski definition) is 0. The van der Waals surface area contributed by atoms with Gasteiger partial charge >= 0.3 is 0 Å². The third kappa shape index (κ3) is 2.59. The Balaban J connectivity index is 1.87. The van der Waals surface area contributed by atoms with Crippen molar-refractivity contribution in [3.05, 3.63) is 12.3 Å². The van der Waals surface area contributed by atoms with Crippen molar-refractivity contribution in [2.24, 2.45) is 4.99 Å². The van der Waals surface area contributed by atoms with E-state index in [1.54, 1.807) is 0 Å². The Bertz CT molecular complexity index is 260. The van der Waals surface area contributed by atoms with E-state index in [4.69, 9.17) is 0 Å². The highest BCUT2D eigenvalue weighted by atomic mass is 15.3. The number of aliphatic imine (C=N–C) groups is 1. The highest BCUT2D eigenvalue weighted by Gasteiger charge is 2.20. The summed E-state index contributed by atoms with van der Waals surface area (Å²) in [4.78, 5) is 9.45. The maximum Gasteiger partial charge on any atom is 0.104 e. The number of allylic oxidation sites excluding steroid dienone is 1. The molecule has 2 heterocycles. The quantitative estimate of drug-likeness (QED) is 0.652. The molecular formula is C12H21N3. The lowest BCUT2D eigenvalue weighted by molar-refractivity contribution is 0.147. The Morgan fingerprint density at radius 2 is 1.93 bits per heavy atom. The lowest BCUT2D eigenvalue weighted by Gasteiger charge is -2.38. The molecule has 15 heavy (non-hydrogen) atoms. The van der Waals surface area contributed by atoms with Gasteiger partial charge in [-0.1, -0.05) is 6.08 Å². The average Bonchev–Trinajstić information content (AvgIpc) is 2.30. The van der Waals surface area contributed by atoms with Gasteiger partial charge in [0.1, 0.15) is 5.84 Å². The molecule has 0 spiro atoms. The number of hydrogen-bond acceptors (Lipinski definition) is 3. The molecule has 0 N–H and O–H groups in total. The van der Waals surface area contributed by atoms with Crippen LogP contribution in [0.5, 0.6) is 0 Å². The van der Waals surface area contributed by atoms with Gasteiger partial charge < -0.3 is 4.90 Å². The van der Waals surface area contributed by atoms with Crippen LogP contribution in [0, 0.1) is 0 Å². The van der Waals surface area contributed by atoms with Gasteiger partial charge in [-0.05, 0) is 20.3 Å². The van der Waals surface area contributed by atoms with Crippen molar-refractivity contribution in [3.63, 3.8) is 0 Å². The maximum atomic E-state index is 4.47. The van der Waals surface area contributed by atoms with E-state index in [1.807, 2.05) is 6.20 Å². The molecule has 0 bridgehead atoms. The highest BCUT2D eigenvalue weighted by Crippen LogP contribution is 2.11. The summed E-state index contributed by atoms with van der Waals surface area (Å²) in [5.74, 6) is 1.29. The van der Waals surface area contributed by atoms with E-state index in [0.29, 0.717) is 6.04 Å². The molecular weight excluding hydrogens is 186 g/mol. The molecule has 0 saturated carbocycles. The topological polar surface area (TPSA) is 18.8 Å². The second kappa shape index (κ2) is 4.79. The zero-order chi connectivity index (χ0) is 10.7. The fourth-order valence-electron chi connectivity index (χ4n) is 2.23. The van der Waals surface area contributed by atoms with Gasteiger partial charge in [0.2, 0.25) is 0 Å². The van der Waals surface area contributed by atoms with Gasteiger partial charge in [-0.25, -0.2) is 4.99 Å². The van der Waals surface area contributed by atoms with E-state index in [-0.39, 0.29) is 0 Å². The summed E-state index contributed by atoms with van der Waals surface area (Å²) < 4.78 is 0. The molecule has 0 atom stereocenters. The predicted octanol–water partition coefficient (Wildman–Crippen LogP) is 1.72. The minimum Gasteiger partial charge on any atom is -0.357 e. The minimum absolute atomic E-state index is 0.681. The van der Waals surface area contributed by atoms with Crippen LogP contribution in [0.2, 0.25) is 0 Å². The molecule has 1 fully saturated rings. The summed E-state index contributed by atoms with van der Waals surface area (Å²) in [6.07, 6.45) is 6.38. The van der Waals surface area contributed by atoms with Gasteiger partial charge in [-0.3, -0.25) is 4.90 Å². The predicted molar refractivity (Wildman–Crippen MR) is 64.1 cm³/mol. The first kappa shape index (κ1) is 10.7. The summed E-state index contributed by atoms with van der Waals surface area (Å²) >= 11 is 0. The van der Waals surface area contributed by atoms with Crippen molar-refractivity contribution in [1.82, 2.24) is 9.80 Å². The van der Waals surface area contributed by atoms with Crippen molar-refractivity contribution >= 4 is 5.84 Å². The van der Waals surface area contributed by atoms with Gasteiger partial charge in [0.25, 0.3) is 0 Å². The van der Waals surface area contributed by atoms with Crippen LogP contribution in [0.1, 0.15) is 26.7 Å². The molecule has 2 rings (SSSR count). The molecule has 0 aliphatic carbocycles. The Labute approximate surface area is 92.5 Å². The summed E-state index contributed by atoms with van der Waals surface area (Å²) in [5.41, 5.74) is 0. The molecule has 0 aromatic carbocycles. The Morgan fingerprint density at radius 1 is 1.20 bits per heavy atom. The number of amidine groups is 1. The van der Waals surface area contributed by atoms with Crippen molar-refractivity contribution in [2.75, 3.05) is 26.2 Å². The van der Waals surface area contributed by atoms with E-state index < -0.39 is 0 Å². The third-order valence-corrected chi connectivity index (χ3v) is 3.27. The third-order valence-electron chi connectivity index (χ3n) is 3.27. The van der Waals surface area contributed by atoms with Crippen molar-refractivity contribution in [1.29, 1.82) is 0 Å². The molecule has 84 valence electrons. The molecule has 0 unspecified atom stereocenters. The first-order valence-corrected chi connectivity index (χ1v) is 5.98. The SMILES string of the molecule is CC(C)N1CCN(C2=NC=CCC2)CC1. The molecule has 0 aromatic rings. The van der Waals surface area contributed by atoms with Gasteiger partial charge in [0, 0.05) is 44.8 Å². The summed E-state index contributed by atoms with van der Waals surface area (Å²) in [5, 5.41) is 0. The summed E-state index contributed by atoms with van der Waals surface area (Å²) in [7, 11) is 0. The number of rotatable bonds is 1. The molecule has 1 saturated heterocycles. The van der Waals surface area contributed by atoms with E-state index in [0.717, 1.165) is 25.9 Å². The Morgan fingerprint density at radius 3 is 2.47 bits per heavy atom. The minimum atomic E-state index is 0.681.